The van der Waals surface area contributed by atoms with Gasteiger partial charge in [0.2, 0.25) is 5.91 Å². The number of benzene rings is 1. The predicted molar refractivity (Wildman–Crippen MR) is 107 cm³/mol. The molecular weight excluding hydrogens is 447 g/mol. The monoisotopic (exact) mass is 458 g/mol. The quantitative estimate of drug-likeness (QED) is 0.426. The van der Waals surface area contributed by atoms with E-state index in [1.807, 2.05) is 0 Å². The van der Waals surface area contributed by atoms with Crippen molar-refractivity contribution in [3.8, 4) is 5.88 Å². The smallest absolute Gasteiger partial charge is 0.350 e. The van der Waals surface area contributed by atoms with E-state index in [2.05, 4.69) is 15.5 Å². The Kier molecular flexibility index (Phi) is 6.26. The second-order valence-electron chi connectivity index (χ2n) is 5.75. The van der Waals surface area contributed by atoms with Crippen molar-refractivity contribution in [2.24, 2.45) is 0 Å². The zero-order valence-corrected chi connectivity index (χ0v) is 17.1. The number of carbonyl (C=O) groups is 1. The molecule has 3 aromatic rings. The maximum Gasteiger partial charge on any atom is 0.350 e. The number of nitrogens with zero attached hydrogens (tertiary/aromatic N) is 5. The van der Waals surface area contributed by atoms with Crippen molar-refractivity contribution >= 4 is 52.2 Å². The van der Waals surface area contributed by atoms with Crippen LogP contribution in [0.4, 0.5) is 11.5 Å². The molecule has 2 aromatic heterocycles. The highest BCUT2D eigenvalue weighted by Crippen LogP contribution is 2.27. The molecule has 13 heteroatoms. The van der Waals surface area contributed by atoms with Gasteiger partial charge in [-0.1, -0.05) is 40.9 Å². The highest BCUT2D eigenvalue weighted by molar-refractivity contribution is 6.36. The molecule has 0 atom stereocenters. The average Bonchev–Trinajstić information content (AvgIpc) is 3.21. The molecule has 0 aliphatic rings. The van der Waals surface area contributed by atoms with Gasteiger partial charge in [-0.3, -0.25) is 24.3 Å². The molecule has 2 heterocycles. The summed E-state index contributed by atoms with van der Waals surface area (Å²) in [6.45, 7) is -0.0552. The fourth-order valence-corrected chi connectivity index (χ4v) is 3.19. The van der Waals surface area contributed by atoms with Crippen LogP contribution in [-0.2, 0) is 17.9 Å². The van der Waals surface area contributed by atoms with Gasteiger partial charge >= 0.3 is 11.6 Å². The summed E-state index contributed by atoms with van der Waals surface area (Å²) >= 11 is 18.4. The summed E-state index contributed by atoms with van der Waals surface area (Å²) in [7, 11) is 1.25. The van der Waals surface area contributed by atoms with E-state index in [0.717, 1.165) is 10.9 Å². The van der Waals surface area contributed by atoms with E-state index >= 15 is 0 Å². The number of nitro groups is 1. The molecule has 0 saturated carbocycles. The van der Waals surface area contributed by atoms with Gasteiger partial charge in [-0.15, -0.1) is 5.10 Å². The number of aromatic nitrogens is 4. The molecule has 1 amide bonds. The second kappa shape index (κ2) is 8.68. The maximum atomic E-state index is 12.3. The number of anilines is 1. The molecular formula is C16H13Cl3N6O4. The van der Waals surface area contributed by atoms with Crippen LogP contribution in [0.5, 0.6) is 5.88 Å². The normalized spacial score (nSPS) is 10.8. The molecule has 0 saturated heterocycles. The van der Waals surface area contributed by atoms with Crippen molar-refractivity contribution in [2.45, 2.75) is 13.1 Å². The van der Waals surface area contributed by atoms with Crippen LogP contribution in [0.25, 0.3) is 0 Å². The van der Waals surface area contributed by atoms with Gasteiger partial charge in [-0.25, -0.2) is 0 Å². The molecule has 0 aliphatic heterocycles. The van der Waals surface area contributed by atoms with Crippen LogP contribution >= 0.6 is 34.8 Å². The Morgan fingerprint density at radius 2 is 1.86 bits per heavy atom. The molecule has 10 nitrogen and oxygen atoms in total. The van der Waals surface area contributed by atoms with E-state index in [0.29, 0.717) is 15.6 Å². The SMILES string of the molecule is COc1nn(CC(=O)Nc2nn(Cc3c(Cl)cccc3Cl)cc2Cl)cc1[N+](=O)[O-]. The van der Waals surface area contributed by atoms with Crippen LogP contribution in [0.15, 0.2) is 30.6 Å². The first kappa shape index (κ1) is 20.9. The van der Waals surface area contributed by atoms with Gasteiger partial charge in [0.05, 0.1) is 18.6 Å². The van der Waals surface area contributed by atoms with Crippen molar-refractivity contribution in [2.75, 3.05) is 12.4 Å². The predicted octanol–water partition coefficient (Wildman–Crippen LogP) is 3.64. The van der Waals surface area contributed by atoms with E-state index in [-0.39, 0.29) is 35.5 Å². The van der Waals surface area contributed by atoms with Crippen LogP contribution in [0.2, 0.25) is 15.1 Å². The van der Waals surface area contributed by atoms with Crippen LogP contribution in [0.1, 0.15) is 5.56 Å². The van der Waals surface area contributed by atoms with Crippen LogP contribution in [0.3, 0.4) is 0 Å². The van der Waals surface area contributed by atoms with Crippen molar-refractivity contribution in [1.82, 2.24) is 19.6 Å². The minimum atomic E-state index is -0.654. The van der Waals surface area contributed by atoms with Gasteiger partial charge in [0, 0.05) is 21.8 Å². The Hall–Kier alpha value is -2.82. The van der Waals surface area contributed by atoms with Crippen LogP contribution in [-0.4, -0.2) is 37.5 Å². The van der Waals surface area contributed by atoms with Crippen molar-refractivity contribution in [1.29, 1.82) is 0 Å². The fourth-order valence-electron chi connectivity index (χ4n) is 2.47. The number of hydrogen-bond acceptors (Lipinski definition) is 6. The van der Waals surface area contributed by atoms with Gasteiger partial charge in [0.25, 0.3) is 0 Å². The number of hydrogen-bond donors (Lipinski definition) is 1. The van der Waals surface area contributed by atoms with E-state index in [9.17, 15) is 14.9 Å². The molecule has 1 N–H and O–H groups in total. The third-order valence-electron chi connectivity index (χ3n) is 3.76. The summed E-state index contributed by atoms with van der Waals surface area (Å²) in [6.07, 6.45) is 2.61. The zero-order chi connectivity index (χ0) is 21.1. The summed E-state index contributed by atoms with van der Waals surface area (Å²) in [5, 5.41) is 22.7. The van der Waals surface area contributed by atoms with Gasteiger partial charge in [0.15, 0.2) is 5.82 Å². The molecule has 29 heavy (non-hydrogen) atoms. The van der Waals surface area contributed by atoms with Gasteiger partial charge < -0.3 is 10.1 Å². The first-order valence-corrected chi connectivity index (χ1v) is 9.13. The molecule has 0 aliphatic carbocycles. The second-order valence-corrected chi connectivity index (χ2v) is 6.97. The third kappa shape index (κ3) is 4.78. The minimum absolute atomic E-state index is 0.119. The lowest BCUT2D eigenvalue weighted by molar-refractivity contribution is -0.385. The maximum absolute atomic E-state index is 12.3. The van der Waals surface area contributed by atoms with E-state index in [4.69, 9.17) is 39.5 Å². The van der Waals surface area contributed by atoms with Gasteiger partial charge in [-0.2, -0.15) is 5.10 Å². The van der Waals surface area contributed by atoms with Crippen molar-refractivity contribution < 1.29 is 14.5 Å². The number of ether oxygens (including phenoxy) is 1. The fraction of sp³-hybridized carbons (Fsp3) is 0.188. The highest BCUT2D eigenvalue weighted by atomic mass is 35.5. The third-order valence-corrected chi connectivity index (χ3v) is 4.75. The highest BCUT2D eigenvalue weighted by Gasteiger charge is 2.21. The van der Waals surface area contributed by atoms with E-state index in [1.165, 1.54) is 18.0 Å². The molecule has 0 fully saturated rings. The van der Waals surface area contributed by atoms with Crippen LogP contribution in [0, 0.1) is 10.1 Å². The Balaban J connectivity index is 1.71. The number of rotatable bonds is 7. The Morgan fingerprint density at radius 1 is 1.17 bits per heavy atom. The standard InChI is InChI=1S/C16H13Cl3N6O4/c1-29-16-13(25(27)28)7-24(22-16)8-14(26)20-15-12(19)6-23(21-15)5-9-10(17)3-2-4-11(9)18/h2-4,6-7H,5,8H2,1H3,(H,20,21,26). The van der Waals surface area contributed by atoms with Gasteiger partial charge in [-0.05, 0) is 12.1 Å². The topological polar surface area (TPSA) is 117 Å². The van der Waals surface area contributed by atoms with Crippen molar-refractivity contribution in [3.05, 3.63) is 61.3 Å². The molecule has 0 bridgehead atoms. The Morgan fingerprint density at radius 3 is 2.45 bits per heavy atom. The number of nitrogens with one attached hydrogen (secondary N) is 1. The largest absolute Gasteiger partial charge is 0.475 e. The van der Waals surface area contributed by atoms with Gasteiger partial charge in [0.1, 0.15) is 17.8 Å². The zero-order valence-electron chi connectivity index (χ0n) is 14.8. The van der Waals surface area contributed by atoms with E-state index < -0.39 is 10.8 Å². The van der Waals surface area contributed by atoms with Crippen LogP contribution < -0.4 is 10.1 Å². The number of halogens is 3. The Labute approximate surface area is 179 Å². The first-order valence-electron chi connectivity index (χ1n) is 8.00. The summed E-state index contributed by atoms with van der Waals surface area (Å²) in [6, 6.07) is 5.13. The van der Waals surface area contributed by atoms with Crippen molar-refractivity contribution in [3.63, 3.8) is 0 Å². The molecule has 0 spiro atoms. The molecule has 3 rings (SSSR count). The lowest BCUT2D eigenvalue weighted by atomic mass is 10.2. The number of methoxy groups -OCH3 is 1. The lowest BCUT2D eigenvalue weighted by Crippen LogP contribution is -2.19. The lowest BCUT2D eigenvalue weighted by Gasteiger charge is -2.07. The Bertz CT molecular complexity index is 1060. The minimum Gasteiger partial charge on any atom is -0.475 e. The summed E-state index contributed by atoms with van der Waals surface area (Å²) in [4.78, 5) is 22.5. The summed E-state index contributed by atoms with van der Waals surface area (Å²) in [5.74, 6) is -0.608. The number of amides is 1. The average molecular weight is 460 g/mol. The molecule has 152 valence electrons. The molecule has 0 unspecified atom stereocenters. The molecule has 0 radical (unpaired) electrons. The van der Waals surface area contributed by atoms with E-state index in [1.54, 1.807) is 18.2 Å². The first-order chi connectivity index (χ1) is 13.8. The summed E-state index contributed by atoms with van der Waals surface area (Å²) < 4.78 is 7.38. The number of carbonyl (C=O) groups excluding carboxylic acids is 1. The summed E-state index contributed by atoms with van der Waals surface area (Å²) in [5.41, 5.74) is 0.308. The molecule has 1 aromatic carbocycles.